The van der Waals surface area contributed by atoms with Crippen molar-refractivity contribution in [2.75, 3.05) is 6.61 Å². The van der Waals surface area contributed by atoms with E-state index in [1.807, 2.05) is 0 Å². The van der Waals surface area contributed by atoms with Crippen LogP contribution in [0.2, 0.25) is 0 Å². The summed E-state index contributed by atoms with van der Waals surface area (Å²) < 4.78 is 5.45. The predicted molar refractivity (Wildman–Crippen MR) is 105 cm³/mol. The molecule has 10 heteroatoms. The number of benzene rings is 2. The van der Waals surface area contributed by atoms with Crippen LogP contribution in [0, 0.1) is 6.92 Å². The number of hydrogen-bond donors (Lipinski definition) is 8. The van der Waals surface area contributed by atoms with Gasteiger partial charge in [0.15, 0.2) is 0 Å². The minimum absolute atomic E-state index is 0.0393. The van der Waals surface area contributed by atoms with E-state index >= 15 is 0 Å². The molecule has 0 radical (unpaired) electrons. The van der Waals surface area contributed by atoms with E-state index in [-0.39, 0.29) is 22.4 Å². The fourth-order valence-electron chi connectivity index (χ4n) is 3.68. The monoisotopic (exact) mass is 436 g/mol. The highest BCUT2D eigenvalue weighted by Crippen LogP contribution is 2.44. The van der Waals surface area contributed by atoms with Crippen LogP contribution < -0.4 is 0 Å². The first-order valence-electron chi connectivity index (χ1n) is 9.45. The average Bonchev–Trinajstić information content (AvgIpc) is 2.74. The van der Waals surface area contributed by atoms with E-state index in [0.717, 1.165) is 6.07 Å². The number of carbonyl (C=O) groups excluding carboxylic acids is 1. The van der Waals surface area contributed by atoms with Crippen molar-refractivity contribution in [3.8, 4) is 17.2 Å². The Morgan fingerprint density at radius 3 is 2.23 bits per heavy atom. The summed E-state index contributed by atoms with van der Waals surface area (Å²) in [5.41, 5.74) is -0.508. The van der Waals surface area contributed by atoms with Crippen molar-refractivity contribution in [1.82, 2.24) is 0 Å². The summed E-state index contributed by atoms with van der Waals surface area (Å²) in [6.07, 6.45) is -8.01. The van der Waals surface area contributed by atoms with Gasteiger partial charge in [-0.3, -0.25) is 4.79 Å². The van der Waals surface area contributed by atoms with E-state index < -0.39 is 66.6 Å². The molecule has 1 saturated heterocycles. The Kier molecular flexibility index (Phi) is 6.51. The van der Waals surface area contributed by atoms with Crippen LogP contribution in [0.3, 0.4) is 0 Å². The first-order valence-corrected chi connectivity index (χ1v) is 9.45. The van der Waals surface area contributed by atoms with Crippen molar-refractivity contribution in [2.24, 2.45) is 0 Å². The number of phenols is 3. The number of ether oxygens (including phenoxy) is 1. The van der Waals surface area contributed by atoms with Gasteiger partial charge in [0.05, 0.1) is 13.2 Å². The standard InChI is InChI=1S/C21H24O10/c1-8-4-9(2-3-11(8)24)16(26)15-12(25)5-10(6-22)14(18(15)28)21-20(30)19(29)17(27)13(7-23)31-21/h2-5,13,17,19-25,27-30H,6-7H2,1H3/t13?,17-,19-,20?,21+/m1/s1. The van der Waals surface area contributed by atoms with Crippen molar-refractivity contribution >= 4 is 5.78 Å². The molecule has 1 aliphatic heterocycles. The van der Waals surface area contributed by atoms with Crippen LogP contribution in [0.1, 0.15) is 38.7 Å². The summed E-state index contributed by atoms with van der Waals surface area (Å²) in [4.78, 5) is 13.0. The van der Waals surface area contributed by atoms with Crippen LogP contribution in [0.15, 0.2) is 24.3 Å². The fourth-order valence-corrected chi connectivity index (χ4v) is 3.68. The first-order chi connectivity index (χ1) is 14.6. The van der Waals surface area contributed by atoms with E-state index in [1.165, 1.54) is 18.2 Å². The normalized spacial score (nSPS) is 26.1. The van der Waals surface area contributed by atoms with Gasteiger partial charge in [0, 0.05) is 11.1 Å². The summed E-state index contributed by atoms with van der Waals surface area (Å²) in [5.74, 6) is -2.31. The van der Waals surface area contributed by atoms with Crippen LogP contribution in [-0.4, -0.2) is 77.7 Å². The highest BCUT2D eigenvalue weighted by atomic mass is 16.5. The van der Waals surface area contributed by atoms with Crippen molar-refractivity contribution < 1.29 is 50.4 Å². The molecule has 1 heterocycles. The molecule has 0 aromatic heterocycles. The molecule has 31 heavy (non-hydrogen) atoms. The number of aliphatic hydroxyl groups is 5. The largest absolute Gasteiger partial charge is 0.508 e. The number of aromatic hydroxyl groups is 3. The van der Waals surface area contributed by atoms with Crippen molar-refractivity contribution in [3.63, 3.8) is 0 Å². The fraction of sp³-hybridized carbons (Fsp3) is 0.381. The molecule has 2 aromatic rings. The van der Waals surface area contributed by atoms with Gasteiger partial charge in [-0.25, -0.2) is 0 Å². The van der Waals surface area contributed by atoms with Gasteiger partial charge in [-0.15, -0.1) is 0 Å². The molecule has 5 atom stereocenters. The molecular weight excluding hydrogens is 412 g/mol. The van der Waals surface area contributed by atoms with Gasteiger partial charge >= 0.3 is 0 Å². The van der Waals surface area contributed by atoms with Gasteiger partial charge in [0.25, 0.3) is 0 Å². The lowest BCUT2D eigenvalue weighted by molar-refractivity contribution is -0.232. The molecule has 168 valence electrons. The van der Waals surface area contributed by atoms with Crippen LogP contribution in [-0.2, 0) is 11.3 Å². The number of carbonyl (C=O) groups is 1. The maximum Gasteiger partial charge on any atom is 0.200 e. The van der Waals surface area contributed by atoms with Crippen LogP contribution in [0.4, 0.5) is 0 Å². The van der Waals surface area contributed by atoms with Crippen LogP contribution >= 0.6 is 0 Å². The molecule has 0 bridgehead atoms. The topological polar surface area (TPSA) is 188 Å². The van der Waals surface area contributed by atoms with Gasteiger partial charge < -0.3 is 45.6 Å². The SMILES string of the molecule is Cc1cc(C(=O)c2c(O)cc(CO)c([C@@H]3OC(CO)[C@@H](O)[C@@H](O)C3O)c2O)ccc1O. The van der Waals surface area contributed by atoms with Gasteiger partial charge in [-0.1, -0.05) is 0 Å². The van der Waals surface area contributed by atoms with E-state index in [1.54, 1.807) is 6.92 Å². The Morgan fingerprint density at radius 1 is 0.968 bits per heavy atom. The number of ketones is 1. The Balaban J connectivity index is 2.15. The molecule has 1 fully saturated rings. The molecule has 0 saturated carbocycles. The molecule has 0 amide bonds. The van der Waals surface area contributed by atoms with Crippen LogP contribution in [0.25, 0.3) is 0 Å². The highest BCUT2D eigenvalue weighted by molar-refractivity contribution is 6.13. The lowest BCUT2D eigenvalue weighted by Crippen LogP contribution is -2.55. The number of phenolic OH excluding ortho intramolecular Hbond substituents is 3. The van der Waals surface area contributed by atoms with Gasteiger partial charge in [0.2, 0.25) is 5.78 Å². The van der Waals surface area contributed by atoms with E-state index in [0.29, 0.717) is 5.56 Å². The second kappa shape index (κ2) is 8.79. The molecule has 2 aromatic carbocycles. The molecule has 2 unspecified atom stereocenters. The summed E-state index contributed by atoms with van der Waals surface area (Å²) in [7, 11) is 0. The summed E-state index contributed by atoms with van der Waals surface area (Å²) >= 11 is 0. The minimum Gasteiger partial charge on any atom is -0.508 e. The Labute approximate surface area is 176 Å². The Bertz CT molecular complexity index is 987. The quantitative estimate of drug-likeness (QED) is 0.280. The lowest BCUT2D eigenvalue weighted by atomic mass is 9.86. The first kappa shape index (κ1) is 22.9. The molecule has 10 nitrogen and oxygen atoms in total. The zero-order chi connectivity index (χ0) is 23.0. The summed E-state index contributed by atoms with van der Waals surface area (Å²) in [5, 5.41) is 80.5. The predicted octanol–water partition coefficient (Wildman–Crippen LogP) is -0.650. The zero-order valence-corrected chi connectivity index (χ0v) is 16.5. The molecular formula is C21H24O10. The van der Waals surface area contributed by atoms with Crippen molar-refractivity contribution in [2.45, 2.75) is 44.1 Å². The number of aryl methyl sites for hydroxylation is 1. The smallest absolute Gasteiger partial charge is 0.200 e. The molecule has 8 N–H and O–H groups in total. The summed E-state index contributed by atoms with van der Waals surface area (Å²) in [6, 6.07) is 4.93. The van der Waals surface area contributed by atoms with E-state index in [4.69, 9.17) is 4.74 Å². The number of hydrogen-bond acceptors (Lipinski definition) is 10. The van der Waals surface area contributed by atoms with Crippen LogP contribution in [0.5, 0.6) is 17.2 Å². The van der Waals surface area contributed by atoms with Crippen molar-refractivity contribution in [1.29, 1.82) is 0 Å². The molecule has 3 rings (SSSR count). The zero-order valence-electron chi connectivity index (χ0n) is 16.5. The lowest BCUT2D eigenvalue weighted by Gasteiger charge is -2.41. The molecule has 1 aliphatic rings. The molecule has 0 spiro atoms. The van der Waals surface area contributed by atoms with Gasteiger partial charge in [0.1, 0.15) is 53.3 Å². The van der Waals surface area contributed by atoms with E-state index in [9.17, 15) is 45.6 Å². The second-order valence-corrected chi connectivity index (χ2v) is 7.43. The highest BCUT2D eigenvalue weighted by Gasteiger charge is 2.46. The van der Waals surface area contributed by atoms with E-state index in [2.05, 4.69) is 0 Å². The second-order valence-electron chi connectivity index (χ2n) is 7.43. The average molecular weight is 436 g/mol. The van der Waals surface area contributed by atoms with Gasteiger partial charge in [-0.05, 0) is 42.3 Å². The maximum absolute atomic E-state index is 13.0. The third kappa shape index (κ3) is 3.97. The Hall–Kier alpha value is -2.73. The number of aliphatic hydroxyl groups excluding tert-OH is 5. The third-order valence-corrected chi connectivity index (χ3v) is 5.44. The minimum atomic E-state index is -1.78. The maximum atomic E-state index is 13.0. The molecule has 0 aliphatic carbocycles. The number of rotatable bonds is 5. The Morgan fingerprint density at radius 2 is 1.65 bits per heavy atom. The third-order valence-electron chi connectivity index (χ3n) is 5.44. The van der Waals surface area contributed by atoms with Gasteiger partial charge in [-0.2, -0.15) is 0 Å². The summed E-state index contributed by atoms with van der Waals surface area (Å²) in [6.45, 7) is 0.117. The van der Waals surface area contributed by atoms with Crippen molar-refractivity contribution in [3.05, 3.63) is 52.1 Å².